The minimum atomic E-state index is -3.20. The van der Waals surface area contributed by atoms with E-state index >= 15 is 0 Å². The Kier molecular flexibility index (Phi) is 4.65. The molecule has 3 nitrogen and oxygen atoms in total. The van der Waals surface area contributed by atoms with Crippen molar-refractivity contribution in [3.63, 3.8) is 0 Å². The first-order valence-electron chi connectivity index (χ1n) is 6.27. The summed E-state index contributed by atoms with van der Waals surface area (Å²) in [4.78, 5) is 0. The van der Waals surface area contributed by atoms with E-state index in [1.165, 1.54) is 0 Å². The molecule has 1 aromatic rings. The van der Waals surface area contributed by atoms with Crippen molar-refractivity contribution in [3.8, 4) is 0 Å². The molecule has 0 spiro atoms. The van der Waals surface area contributed by atoms with Crippen molar-refractivity contribution in [1.82, 2.24) is 4.72 Å². The van der Waals surface area contributed by atoms with Crippen molar-refractivity contribution in [2.45, 2.75) is 36.3 Å². The van der Waals surface area contributed by atoms with Crippen LogP contribution in [0.5, 0.6) is 0 Å². The molecular weight excluding hydrogens is 270 g/mol. The fourth-order valence-corrected chi connectivity index (χ4v) is 4.19. The van der Waals surface area contributed by atoms with Gasteiger partial charge in [-0.1, -0.05) is 43.2 Å². The zero-order valence-corrected chi connectivity index (χ0v) is 11.8. The minimum absolute atomic E-state index is 0.225. The number of hydrogen-bond donors (Lipinski definition) is 1. The second-order valence-electron chi connectivity index (χ2n) is 4.68. The Labute approximate surface area is 114 Å². The highest BCUT2D eigenvalue weighted by molar-refractivity contribution is 7.90. The van der Waals surface area contributed by atoms with Crippen LogP contribution in [0.2, 0.25) is 0 Å². The lowest BCUT2D eigenvalue weighted by Gasteiger charge is -2.15. The van der Waals surface area contributed by atoms with E-state index in [4.69, 9.17) is 11.6 Å². The summed E-state index contributed by atoms with van der Waals surface area (Å²) in [5.41, 5.74) is 0.938. The van der Waals surface area contributed by atoms with Gasteiger partial charge in [-0.2, -0.15) is 0 Å². The third-order valence-electron chi connectivity index (χ3n) is 3.37. The average molecular weight is 288 g/mol. The van der Waals surface area contributed by atoms with Gasteiger partial charge in [0.15, 0.2) is 0 Å². The van der Waals surface area contributed by atoms with E-state index in [2.05, 4.69) is 4.72 Å². The Morgan fingerprint density at radius 2 is 1.83 bits per heavy atom. The van der Waals surface area contributed by atoms with Crippen LogP contribution >= 0.6 is 11.6 Å². The monoisotopic (exact) mass is 287 g/mol. The third-order valence-corrected chi connectivity index (χ3v) is 5.69. The Balaban J connectivity index is 1.91. The van der Waals surface area contributed by atoms with Gasteiger partial charge in [-0.25, -0.2) is 13.1 Å². The molecule has 1 saturated carbocycles. The zero-order chi connectivity index (χ0) is 13.0. The number of alkyl halides is 1. The Morgan fingerprint density at radius 1 is 1.22 bits per heavy atom. The number of hydrogen-bond acceptors (Lipinski definition) is 2. The van der Waals surface area contributed by atoms with Crippen molar-refractivity contribution in [1.29, 1.82) is 0 Å². The lowest BCUT2D eigenvalue weighted by Crippen LogP contribution is -2.34. The van der Waals surface area contributed by atoms with Gasteiger partial charge in [-0.05, 0) is 18.4 Å². The standard InChI is InChI=1S/C13H18ClNO2S/c14-13(11-6-2-1-3-7-11)10-15-18(16,17)12-8-4-5-9-12/h1-3,6-7,12-13,15H,4-5,8-10H2. The summed E-state index contributed by atoms with van der Waals surface area (Å²) in [5, 5.41) is -0.542. The molecule has 0 amide bonds. The van der Waals surface area contributed by atoms with Crippen molar-refractivity contribution in [2.24, 2.45) is 0 Å². The van der Waals surface area contributed by atoms with Crippen LogP contribution in [-0.2, 0) is 10.0 Å². The van der Waals surface area contributed by atoms with Crippen LogP contribution in [0.1, 0.15) is 36.6 Å². The van der Waals surface area contributed by atoms with Gasteiger partial charge in [0.1, 0.15) is 0 Å². The molecule has 0 radical (unpaired) electrons. The molecule has 0 saturated heterocycles. The van der Waals surface area contributed by atoms with E-state index in [0.717, 1.165) is 31.2 Å². The van der Waals surface area contributed by atoms with Gasteiger partial charge >= 0.3 is 0 Å². The summed E-state index contributed by atoms with van der Waals surface area (Å²) in [6, 6.07) is 9.52. The van der Waals surface area contributed by atoms with Crippen LogP contribution in [0.4, 0.5) is 0 Å². The first-order valence-corrected chi connectivity index (χ1v) is 8.25. The van der Waals surface area contributed by atoms with E-state index in [1.807, 2.05) is 30.3 Å². The van der Waals surface area contributed by atoms with Crippen LogP contribution in [0.15, 0.2) is 30.3 Å². The molecule has 1 unspecified atom stereocenters. The molecule has 100 valence electrons. The highest BCUT2D eigenvalue weighted by Crippen LogP contribution is 2.25. The first kappa shape index (κ1) is 13.8. The number of benzene rings is 1. The largest absolute Gasteiger partial charge is 0.214 e. The second kappa shape index (κ2) is 6.04. The van der Waals surface area contributed by atoms with Crippen LogP contribution in [0.25, 0.3) is 0 Å². The predicted octanol–water partition coefficient (Wildman–Crippen LogP) is 2.83. The van der Waals surface area contributed by atoms with E-state index in [9.17, 15) is 8.42 Å². The van der Waals surface area contributed by atoms with Crippen LogP contribution in [0.3, 0.4) is 0 Å². The fraction of sp³-hybridized carbons (Fsp3) is 0.538. The van der Waals surface area contributed by atoms with Crippen molar-refractivity contribution in [3.05, 3.63) is 35.9 Å². The predicted molar refractivity (Wildman–Crippen MR) is 74.2 cm³/mol. The van der Waals surface area contributed by atoms with Crippen LogP contribution in [0, 0.1) is 0 Å². The molecule has 2 rings (SSSR count). The molecule has 0 aromatic heterocycles. The fourth-order valence-electron chi connectivity index (χ4n) is 2.29. The molecule has 1 aliphatic rings. The smallest absolute Gasteiger partial charge is 0.213 e. The third kappa shape index (κ3) is 3.46. The second-order valence-corrected chi connectivity index (χ2v) is 7.25. The summed E-state index contributed by atoms with van der Waals surface area (Å²) in [6.07, 6.45) is 3.56. The van der Waals surface area contributed by atoms with Crippen LogP contribution < -0.4 is 4.72 Å². The van der Waals surface area contributed by atoms with Gasteiger partial charge in [0.2, 0.25) is 10.0 Å². The number of halogens is 1. The Morgan fingerprint density at radius 3 is 2.44 bits per heavy atom. The maximum Gasteiger partial charge on any atom is 0.214 e. The van der Waals surface area contributed by atoms with E-state index in [1.54, 1.807) is 0 Å². The summed E-state index contributed by atoms with van der Waals surface area (Å²) in [5.74, 6) is 0. The topological polar surface area (TPSA) is 46.2 Å². The molecule has 1 N–H and O–H groups in total. The van der Waals surface area contributed by atoms with Crippen molar-refractivity contribution in [2.75, 3.05) is 6.54 Å². The SMILES string of the molecule is O=S(=O)(NCC(Cl)c1ccccc1)C1CCCC1. The Hall–Kier alpha value is -0.580. The van der Waals surface area contributed by atoms with Gasteiger partial charge in [0.05, 0.1) is 10.6 Å². The number of rotatable bonds is 5. The average Bonchev–Trinajstić information content (AvgIpc) is 2.92. The zero-order valence-electron chi connectivity index (χ0n) is 10.2. The molecule has 5 heteroatoms. The molecule has 0 heterocycles. The van der Waals surface area contributed by atoms with E-state index in [-0.39, 0.29) is 17.2 Å². The molecule has 1 atom stereocenters. The van der Waals surface area contributed by atoms with Crippen molar-refractivity contribution >= 4 is 21.6 Å². The quantitative estimate of drug-likeness (QED) is 0.847. The lowest BCUT2D eigenvalue weighted by atomic mass is 10.1. The molecule has 18 heavy (non-hydrogen) atoms. The highest BCUT2D eigenvalue weighted by atomic mass is 35.5. The molecule has 1 aliphatic carbocycles. The summed E-state index contributed by atoms with van der Waals surface area (Å²) < 4.78 is 26.6. The number of sulfonamides is 1. The number of nitrogens with one attached hydrogen (secondary N) is 1. The van der Waals surface area contributed by atoms with E-state index in [0.29, 0.717) is 0 Å². The maximum atomic E-state index is 12.0. The molecule has 0 bridgehead atoms. The summed E-state index contributed by atoms with van der Waals surface area (Å²) in [6.45, 7) is 0.254. The van der Waals surface area contributed by atoms with Gasteiger partial charge in [-0.3, -0.25) is 0 Å². The van der Waals surface area contributed by atoms with Gasteiger partial charge in [-0.15, -0.1) is 11.6 Å². The molecule has 0 aliphatic heterocycles. The van der Waals surface area contributed by atoms with Crippen LogP contribution in [-0.4, -0.2) is 20.2 Å². The molecule has 1 fully saturated rings. The van der Waals surface area contributed by atoms with Gasteiger partial charge in [0, 0.05) is 6.54 Å². The Bertz CT molecular complexity index is 469. The normalized spacial score (nSPS) is 18.9. The first-order chi connectivity index (χ1) is 8.59. The maximum absolute atomic E-state index is 12.0. The highest BCUT2D eigenvalue weighted by Gasteiger charge is 2.28. The molecular formula is C13H18ClNO2S. The van der Waals surface area contributed by atoms with Gasteiger partial charge < -0.3 is 0 Å². The van der Waals surface area contributed by atoms with E-state index < -0.39 is 10.0 Å². The van der Waals surface area contributed by atoms with Gasteiger partial charge in [0.25, 0.3) is 0 Å². The summed E-state index contributed by atoms with van der Waals surface area (Å²) in [7, 11) is -3.20. The van der Waals surface area contributed by atoms with Crippen molar-refractivity contribution < 1.29 is 8.42 Å². The summed E-state index contributed by atoms with van der Waals surface area (Å²) >= 11 is 6.19. The molecule has 1 aromatic carbocycles. The minimum Gasteiger partial charge on any atom is -0.213 e. The lowest BCUT2D eigenvalue weighted by molar-refractivity contribution is 0.564.